The van der Waals surface area contributed by atoms with Gasteiger partial charge in [0, 0.05) is 48.3 Å². The van der Waals surface area contributed by atoms with Crippen molar-refractivity contribution >= 4 is 21.6 Å². The quantitative estimate of drug-likeness (QED) is 0.701. The van der Waals surface area contributed by atoms with Crippen molar-refractivity contribution in [3.05, 3.63) is 64.6 Å². The molecule has 4 heteroatoms. The Labute approximate surface area is 171 Å². The molecule has 2 aromatic rings. The maximum Gasteiger partial charge on any atom is 0.0364 e. The number of nitrogens with one attached hydrogen (secondary N) is 1. The van der Waals surface area contributed by atoms with Crippen LogP contribution >= 0.6 is 15.9 Å². The first-order valence-electron chi connectivity index (χ1n) is 10.2. The standard InChI is InChI=1S/C23H30BrN3/c1-26(21-9-7-19(24)8-10-21)15-16-27-13-11-20(12-14-27)25-23-17-22(23)18-5-3-2-4-6-18/h2-10,20,22-23,25H,11-17H2,1H3/t22-,23+/m0/s1. The van der Waals surface area contributed by atoms with Gasteiger partial charge in [0.1, 0.15) is 0 Å². The third-order valence-corrected chi connectivity index (χ3v) is 6.60. The van der Waals surface area contributed by atoms with E-state index in [-0.39, 0.29) is 0 Å². The summed E-state index contributed by atoms with van der Waals surface area (Å²) in [5.74, 6) is 0.740. The van der Waals surface area contributed by atoms with Crippen molar-refractivity contribution in [2.75, 3.05) is 38.1 Å². The van der Waals surface area contributed by atoms with Crippen LogP contribution in [0.2, 0.25) is 0 Å². The number of rotatable bonds is 7. The number of benzene rings is 2. The van der Waals surface area contributed by atoms with E-state index in [2.05, 4.69) is 92.7 Å². The van der Waals surface area contributed by atoms with Gasteiger partial charge in [-0.25, -0.2) is 0 Å². The molecule has 1 heterocycles. The molecule has 27 heavy (non-hydrogen) atoms. The normalized spacial score (nSPS) is 23.3. The number of likely N-dealkylation sites (tertiary alicyclic amines) is 1. The van der Waals surface area contributed by atoms with E-state index >= 15 is 0 Å². The Kier molecular flexibility index (Phi) is 6.16. The van der Waals surface area contributed by atoms with Crippen molar-refractivity contribution in [3.63, 3.8) is 0 Å². The molecule has 144 valence electrons. The predicted octanol–water partition coefficient (Wildman–Crippen LogP) is 4.50. The van der Waals surface area contributed by atoms with Crippen molar-refractivity contribution in [2.24, 2.45) is 0 Å². The molecule has 1 aliphatic carbocycles. The lowest BCUT2D eigenvalue weighted by molar-refractivity contribution is 0.201. The van der Waals surface area contributed by atoms with Gasteiger partial charge in [0.15, 0.2) is 0 Å². The number of likely N-dealkylation sites (N-methyl/N-ethyl adjacent to an activating group) is 1. The van der Waals surface area contributed by atoms with Crippen LogP contribution in [0.5, 0.6) is 0 Å². The summed E-state index contributed by atoms with van der Waals surface area (Å²) in [7, 11) is 2.19. The molecule has 0 unspecified atom stereocenters. The van der Waals surface area contributed by atoms with E-state index < -0.39 is 0 Å². The predicted molar refractivity (Wildman–Crippen MR) is 118 cm³/mol. The minimum atomic E-state index is 0.698. The SMILES string of the molecule is CN(CCN1CCC(N[C@@H]2C[C@H]2c2ccccc2)CC1)c1ccc(Br)cc1. The minimum Gasteiger partial charge on any atom is -0.373 e. The molecule has 2 aliphatic rings. The van der Waals surface area contributed by atoms with Crippen molar-refractivity contribution in [3.8, 4) is 0 Å². The molecule has 0 radical (unpaired) electrons. The molecule has 1 aliphatic heterocycles. The molecule has 0 bridgehead atoms. The third-order valence-electron chi connectivity index (χ3n) is 6.07. The highest BCUT2D eigenvalue weighted by Gasteiger charge is 2.39. The molecular formula is C23H30BrN3. The molecule has 2 atom stereocenters. The van der Waals surface area contributed by atoms with E-state index in [9.17, 15) is 0 Å². The highest BCUT2D eigenvalue weighted by Crippen LogP contribution is 2.41. The Balaban J connectivity index is 1.16. The maximum absolute atomic E-state index is 3.92. The lowest BCUT2D eigenvalue weighted by Crippen LogP contribution is -2.45. The number of hydrogen-bond acceptors (Lipinski definition) is 3. The Morgan fingerprint density at radius 2 is 1.74 bits per heavy atom. The van der Waals surface area contributed by atoms with E-state index in [1.807, 2.05) is 0 Å². The average molecular weight is 428 g/mol. The number of piperidine rings is 1. The summed E-state index contributed by atoms with van der Waals surface area (Å²) in [5, 5.41) is 3.92. The first kappa shape index (κ1) is 19.0. The molecule has 4 rings (SSSR count). The zero-order valence-corrected chi connectivity index (χ0v) is 17.7. The van der Waals surface area contributed by atoms with Gasteiger partial charge in [0.25, 0.3) is 0 Å². The zero-order chi connectivity index (χ0) is 18.6. The second kappa shape index (κ2) is 8.76. The van der Waals surface area contributed by atoms with Gasteiger partial charge in [0.05, 0.1) is 0 Å². The van der Waals surface area contributed by atoms with Gasteiger partial charge in [-0.3, -0.25) is 0 Å². The number of halogens is 1. The zero-order valence-electron chi connectivity index (χ0n) is 16.2. The van der Waals surface area contributed by atoms with E-state index in [0.29, 0.717) is 12.1 Å². The number of anilines is 1. The van der Waals surface area contributed by atoms with Crippen LogP contribution in [0.3, 0.4) is 0 Å². The second-order valence-electron chi connectivity index (χ2n) is 8.04. The van der Waals surface area contributed by atoms with Gasteiger partial charge in [-0.15, -0.1) is 0 Å². The van der Waals surface area contributed by atoms with Crippen molar-refractivity contribution < 1.29 is 0 Å². The smallest absolute Gasteiger partial charge is 0.0364 e. The van der Waals surface area contributed by atoms with Gasteiger partial charge < -0.3 is 15.1 Å². The molecule has 1 saturated carbocycles. The maximum atomic E-state index is 3.92. The van der Waals surface area contributed by atoms with Crippen LogP contribution in [0, 0.1) is 0 Å². The average Bonchev–Trinajstić information content (AvgIpc) is 3.47. The monoisotopic (exact) mass is 427 g/mol. The van der Waals surface area contributed by atoms with Crippen LogP contribution in [0.25, 0.3) is 0 Å². The van der Waals surface area contributed by atoms with Crippen LogP contribution in [0.15, 0.2) is 59.1 Å². The third kappa shape index (κ3) is 5.13. The Bertz CT molecular complexity index is 710. The second-order valence-corrected chi connectivity index (χ2v) is 8.96. The number of nitrogens with zero attached hydrogens (tertiary/aromatic N) is 2. The Morgan fingerprint density at radius 3 is 2.44 bits per heavy atom. The molecule has 3 nitrogen and oxygen atoms in total. The van der Waals surface area contributed by atoms with Crippen molar-refractivity contribution in [1.29, 1.82) is 0 Å². The fourth-order valence-corrected chi connectivity index (χ4v) is 4.45. The van der Waals surface area contributed by atoms with E-state index in [0.717, 1.165) is 23.5 Å². The fourth-order valence-electron chi connectivity index (χ4n) is 4.19. The van der Waals surface area contributed by atoms with Gasteiger partial charge >= 0.3 is 0 Å². The summed E-state index contributed by atoms with van der Waals surface area (Å²) in [5.41, 5.74) is 2.79. The Morgan fingerprint density at radius 1 is 1.04 bits per heavy atom. The molecule has 0 amide bonds. The molecule has 0 aromatic heterocycles. The van der Waals surface area contributed by atoms with Crippen LogP contribution in [0.4, 0.5) is 5.69 Å². The highest BCUT2D eigenvalue weighted by molar-refractivity contribution is 9.10. The molecular weight excluding hydrogens is 398 g/mol. The van der Waals surface area contributed by atoms with Gasteiger partial charge in [-0.05, 0) is 62.2 Å². The topological polar surface area (TPSA) is 18.5 Å². The molecule has 2 fully saturated rings. The fraction of sp³-hybridized carbons (Fsp3) is 0.478. The van der Waals surface area contributed by atoms with Crippen LogP contribution in [0.1, 0.15) is 30.7 Å². The summed E-state index contributed by atoms with van der Waals surface area (Å²) in [6.45, 7) is 4.66. The molecule has 2 aromatic carbocycles. The minimum absolute atomic E-state index is 0.698. The lowest BCUT2D eigenvalue weighted by Gasteiger charge is -2.34. The van der Waals surface area contributed by atoms with Crippen molar-refractivity contribution in [2.45, 2.75) is 37.3 Å². The summed E-state index contributed by atoms with van der Waals surface area (Å²) >= 11 is 3.51. The summed E-state index contributed by atoms with van der Waals surface area (Å²) < 4.78 is 1.14. The largest absolute Gasteiger partial charge is 0.373 e. The van der Waals surface area contributed by atoms with Gasteiger partial charge in [-0.2, -0.15) is 0 Å². The molecule has 0 spiro atoms. The van der Waals surface area contributed by atoms with Gasteiger partial charge in [-0.1, -0.05) is 46.3 Å². The van der Waals surface area contributed by atoms with E-state index in [4.69, 9.17) is 0 Å². The van der Waals surface area contributed by atoms with Crippen molar-refractivity contribution in [1.82, 2.24) is 10.2 Å². The van der Waals surface area contributed by atoms with Crippen LogP contribution < -0.4 is 10.2 Å². The summed E-state index contributed by atoms with van der Waals surface area (Å²) in [4.78, 5) is 4.97. The summed E-state index contributed by atoms with van der Waals surface area (Å²) in [6.07, 6.45) is 3.86. The molecule has 1 N–H and O–H groups in total. The van der Waals surface area contributed by atoms with Crippen LogP contribution in [-0.2, 0) is 0 Å². The van der Waals surface area contributed by atoms with E-state index in [1.54, 1.807) is 0 Å². The van der Waals surface area contributed by atoms with Crippen LogP contribution in [-0.4, -0.2) is 50.2 Å². The lowest BCUT2D eigenvalue weighted by atomic mass is 10.0. The number of hydrogen-bond donors (Lipinski definition) is 1. The first-order valence-corrected chi connectivity index (χ1v) is 11.0. The van der Waals surface area contributed by atoms with E-state index in [1.165, 1.54) is 43.6 Å². The summed E-state index contributed by atoms with van der Waals surface area (Å²) in [6, 6.07) is 21.0. The Hall–Kier alpha value is -1.36. The first-order chi connectivity index (χ1) is 13.2. The van der Waals surface area contributed by atoms with Gasteiger partial charge in [0.2, 0.25) is 0 Å². The molecule has 1 saturated heterocycles. The highest BCUT2D eigenvalue weighted by atomic mass is 79.9.